The summed E-state index contributed by atoms with van der Waals surface area (Å²) in [6.45, 7) is 5.66. The van der Waals surface area contributed by atoms with Crippen molar-refractivity contribution < 1.29 is 0 Å². The number of aromatic amines is 1. The van der Waals surface area contributed by atoms with E-state index in [1.165, 1.54) is 43.9 Å². The second-order valence-corrected chi connectivity index (χ2v) is 7.15. The smallest absolute Gasteiger partial charge is 0.137 e. The topological polar surface area (TPSA) is 44.0 Å². The molecule has 1 aromatic heterocycles. The van der Waals surface area contributed by atoms with Gasteiger partial charge in [-0.15, -0.1) is 0 Å². The molecule has 0 bridgehead atoms. The van der Waals surface area contributed by atoms with Crippen molar-refractivity contribution in [3.8, 4) is 11.4 Å². The zero-order valence-electron chi connectivity index (χ0n) is 13.3. The number of rotatable bonds is 3. The lowest BCUT2D eigenvalue weighted by Crippen LogP contribution is -2.40. The monoisotopic (exact) mass is 330 g/mol. The van der Waals surface area contributed by atoms with Gasteiger partial charge in [-0.05, 0) is 56.1 Å². The minimum Gasteiger partial charge on any atom is -0.341 e. The molecule has 1 atom stereocenters. The average molecular weight is 331 g/mol. The highest BCUT2D eigenvalue weighted by Gasteiger charge is 2.23. The van der Waals surface area contributed by atoms with Gasteiger partial charge in [-0.1, -0.05) is 11.6 Å². The molecule has 5 heteroatoms. The van der Waals surface area contributed by atoms with E-state index in [-0.39, 0.29) is 0 Å². The molecule has 3 heterocycles. The molecule has 2 N–H and O–H groups in total. The van der Waals surface area contributed by atoms with Gasteiger partial charge in [-0.2, -0.15) is 0 Å². The Morgan fingerprint density at radius 1 is 1.26 bits per heavy atom. The molecule has 0 amide bonds. The van der Waals surface area contributed by atoms with Crippen molar-refractivity contribution in [3.05, 3.63) is 40.7 Å². The lowest BCUT2D eigenvalue weighted by Gasteiger charge is -2.32. The number of benzene rings is 1. The number of nitrogens with zero attached hydrogens (tertiary/aromatic N) is 2. The lowest BCUT2D eigenvalue weighted by molar-refractivity contribution is 0.191. The summed E-state index contributed by atoms with van der Waals surface area (Å²) in [5.41, 5.74) is 3.62. The Morgan fingerprint density at radius 3 is 2.91 bits per heavy atom. The molecule has 2 aliphatic rings. The predicted octanol–water partition coefficient (Wildman–Crippen LogP) is 3.09. The van der Waals surface area contributed by atoms with Gasteiger partial charge in [0.2, 0.25) is 0 Å². The number of hydrogen-bond donors (Lipinski definition) is 2. The van der Waals surface area contributed by atoms with Crippen molar-refractivity contribution >= 4 is 11.6 Å². The Hall–Kier alpha value is -1.36. The maximum atomic E-state index is 5.97. The molecule has 0 radical (unpaired) electrons. The van der Waals surface area contributed by atoms with E-state index >= 15 is 0 Å². The van der Waals surface area contributed by atoms with Crippen LogP contribution in [0.4, 0.5) is 0 Å². The highest BCUT2D eigenvalue weighted by Crippen LogP contribution is 2.25. The van der Waals surface area contributed by atoms with Crippen molar-refractivity contribution in [2.75, 3.05) is 26.2 Å². The van der Waals surface area contributed by atoms with Gasteiger partial charge in [0.15, 0.2) is 0 Å². The van der Waals surface area contributed by atoms with Crippen LogP contribution in [0.25, 0.3) is 11.4 Å². The van der Waals surface area contributed by atoms with Crippen LogP contribution in [0.1, 0.15) is 24.2 Å². The SMILES string of the molecule is Clc1ccc(-c2nc3c([nH]2)CN(C[C@@H]2CCCNC2)CC3)cc1. The summed E-state index contributed by atoms with van der Waals surface area (Å²) in [4.78, 5) is 10.9. The zero-order valence-corrected chi connectivity index (χ0v) is 14.1. The lowest BCUT2D eigenvalue weighted by atomic mass is 9.98. The van der Waals surface area contributed by atoms with Crippen molar-refractivity contribution in [2.45, 2.75) is 25.8 Å². The molecule has 4 rings (SSSR count). The number of nitrogens with one attached hydrogen (secondary N) is 2. The second kappa shape index (κ2) is 6.63. The molecule has 1 saturated heterocycles. The third-order valence-electron chi connectivity index (χ3n) is 4.94. The van der Waals surface area contributed by atoms with Crippen LogP contribution in [0, 0.1) is 5.92 Å². The third-order valence-corrected chi connectivity index (χ3v) is 5.20. The van der Waals surface area contributed by atoms with E-state index < -0.39 is 0 Å². The Labute approximate surface area is 142 Å². The summed E-state index contributed by atoms with van der Waals surface area (Å²) in [5, 5.41) is 4.28. The summed E-state index contributed by atoms with van der Waals surface area (Å²) < 4.78 is 0. The molecule has 2 aliphatic heterocycles. The average Bonchev–Trinajstić information content (AvgIpc) is 3.00. The molecule has 0 aliphatic carbocycles. The Bertz CT molecular complexity index is 658. The van der Waals surface area contributed by atoms with Crippen molar-refractivity contribution in [2.24, 2.45) is 5.92 Å². The van der Waals surface area contributed by atoms with Gasteiger partial charge in [0.25, 0.3) is 0 Å². The summed E-state index contributed by atoms with van der Waals surface area (Å²) in [6, 6.07) is 7.89. The second-order valence-electron chi connectivity index (χ2n) is 6.72. The van der Waals surface area contributed by atoms with E-state index in [0.29, 0.717) is 0 Å². The van der Waals surface area contributed by atoms with Crippen molar-refractivity contribution in [1.82, 2.24) is 20.2 Å². The number of hydrogen-bond acceptors (Lipinski definition) is 3. The standard InChI is InChI=1S/C18H23ClN4/c19-15-5-3-14(4-6-15)18-21-16-7-9-23(12-17(16)22-18)11-13-2-1-8-20-10-13/h3-6,13,20H,1-2,7-12H2,(H,21,22)/t13-/m1/s1. The molecule has 2 aromatic rings. The minimum atomic E-state index is 0.761. The van der Waals surface area contributed by atoms with E-state index in [1.807, 2.05) is 24.3 Å². The van der Waals surface area contributed by atoms with Gasteiger partial charge < -0.3 is 10.3 Å². The van der Waals surface area contributed by atoms with E-state index in [4.69, 9.17) is 16.6 Å². The molecule has 122 valence electrons. The number of imidazole rings is 1. The van der Waals surface area contributed by atoms with E-state index in [0.717, 1.165) is 41.8 Å². The van der Waals surface area contributed by atoms with Crippen LogP contribution in [0.2, 0.25) is 5.02 Å². The zero-order chi connectivity index (χ0) is 15.6. The summed E-state index contributed by atoms with van der Waals surface area (Å²) in [5.74, 6) is 1.76. The van der Waals surface area contributed by atoms with Gasteiger partial charge >= 0.3 is 0 Å². The fraction of sp³-hybridized carbons (Fsp3) is 0.500. The first-order chi connectivity index (χ1) is 11.3. The molecule has 1 aromatic carbocycles. The highest BCUT2D eigenvalue weighted by molar-refractivity contribution is 6.30. The van der Waals surface area contributed by atoms with E-state index in [2.05, 4.69) is 15.2 Å². The normalized spacial score (nSPS) is 22.0. The van der Waals surface area contributed by atoms with Crippen molar-refractivity contribution in [1.29, 1.82) is 0 Å². The molecule has 23 heavy (non-hydrogen) atoms. The summed E-state index contributed by atoms with van der Waals surface area (Å²) in [6.07, 6.45) is 3.71. The molecule has 0 saturated carbocycles. The maximum absolute atomic E-state index is 5.97. The first-order valence-corrected chi connectivity index (χ1v) is 8.92. The quantitative estimate of drug-likeness (QED) is 0.909. The van der Waals surface area contributed by atoms with Crippen LogP contribution in [0.5, 0.6) is 0 Å². The minimum absolute atomic E-state index is 0.761. The van der Waals surface area contributed by atoms with Crippen LogP contribution in [-0.4, -0.2) is 41.0 Å². The van der Waals surface area contributed by atoms with E-state index in [1.54, 1.807) is 0 Å². The Balaban J connectivity index is 1.46. The maximum Gasteiger partial charge on any atom is 0.137 e. The number of H-pyrrole nitrogens is 1. The molecule has 4 nitrogen and oxygen atoms in total. The van der Waals surface area contributed by atoms with Crippen LogP contribution in [-0.2, 0) is 13.0 Å². The number of piperidine rings is 1. The van der Waals surface area contributed by atoms with E-state index in [9.17, 15) is 0 Å². The number of aromatic nitrogens is 2. The first-order valence-electron chi connectivity index (χ1n) is 8.55. The predicted molar refractivity (Wildman–Crippen MR) is 93.6 cm³/mol. The fourth-order valence-corrected chi connectivity index (χ4v) is 3.82. The first kappa shape index (κ1) is 15.2. The number of fused-ring (bicyclic) bond motifs is 1. The summed E-state index contributed by atoms with van der Waals surface area (Å²) in [7, 11) is 0. The van der Waals surface area contributed by atoms with Crippen LogP contribution in [0.15, 0.2) is 24.3 Å². The summed E-state index contributed by atoms with van der Waals surface area (Å²) >= 11 is 5.97. The van der Waals surface area contributed by atoms with Crippen molar-refractivity contribution in [3.63, 3.8) is 0 Å². The molecule has 1 fully saturated rings. The van der Waals surface area contributed by atoms with Gasteiger partial charge in [0.05, 0.1) is 11.4 Å². The molecular weight excluding hydrogens is 308 g/mol. The molecule has 0 unspecified atom stereocenters. The van der Waals surface area contributed by atoms with Crippen LogP contribution >= 0.6 is 11.6 Å². The Kier molecular flexibility index (Phi) is 4.38. The largest absolute Gasteiger partial charge is 0.341 e. The van der Waals surface area contributed by atoms with Gasteiger partial charge in [0.1, 0.15) is 5.82 Å². The fourth-order valence-electron chi connectivity index (χ4n) is 3.69. The van der Waals surface area contributed by atoms with Gasteiger partial charge in [-0.25, -0.2) is 4.98 Å². The van der Waals surface area contributed by atoms with Gasteiger partial charge in [-0.3, -0.25) is 4.90 Å². The van der Waals surface area contributed by atoms with Crippen LogP contribution in [0.3, 0.4) is 0 Å². The molecular formula is C18H23ClN4. The van der Waals surface area contributed by atoms with Crippen LogP contribution < -0.4 is 5.32 Å². The number of halogens is 1. The Morgan fingerprint density at radius 2 is 2.13 bits per heavy atom. The van der Waals surface area contributed by atoms with Gasteiger partial charge in [0, 0.05) is 36.6 Å². The third kappa shape index (κ3) is 3.44. The highest BCUT2D eigenvalue weighted by atomic mass is 35.5. The molecule has 0 spiro atoms.